The molecule has 1 aromatic carbocycles. The van der Waals surface area contributed by atoms with Crippen LogP contribution in [0.4, 0.5) is 5.69 Å². The lowest BCUT2D eigenvalue weighted by Crippen LogP contribution is -2.34. The Labute approximate surface area is 167 Å². The third-order valence-corrected chi connectivity index (χ3v) is 5.14. The first-order valence-electron chi connectivity index (χ1n) is 9.74. The van der Waals surface area contributed by atoms with Crippen molar-refractivity contribution in [1.82, 2.24) is 15.1 Å². The van der Waals surface area contributed by atoms with Gasteiger partial charge in [0.1, 0.15) is 0 Å². The molecule has 148 valence electrons. The second kappa shape index (κ2) is 7.20. The van der Waals surface area contributed by atoms with Crippen LogP contribution in [0.5, 0.6) is 11.5 Å². The molecule has 2 aliphatic rings. The number of benzene rings is 1. The number of amides is 1. The molecule has 1 amide bonds. The minimum Gasteiger partial charge on any atom is -0.448 e. The molecular formula is C21H20N4O4. The molecule has 1 saturated carbocycles. The van der Waals surface area contributed by atoms with Gasteiger partial charge in [-0.25, -0.2) is 0 Å². The largest absolute Gasteiger partial charge is 0.448 e. The minimum absolute atomic E-state index is 0.138. The molecule has 8 heteroatoms. The van der Waals surface area contributed by atoms with Crippen LogP contribution in [0.2, 0.25) is 0 Å². The normalized spacial score (nSPS) is 16.3. The van der Waals surface area contributed by atoms with E-state index in [1.807, 2.05) is 24.3 Å². The number of carbonyl (C=O) groups excluding carboxylic acids is 1. The van der Waals surface area contributed by atoms with Crippen LogP contribution in [0.1, 0.15) is 38.0 Å². The van der Waals surface area contributed by atoms with Gasteiger partial charge in [0.25, 0.3) is 5.79 Å². The molecule has 1 spiro atoms. The molecule has 0 unspecified atom stereocenters. The summed E-state index contributed by atoms with van der Waals surface area (Å²) in [6.45, 7) is 0. The van der Waals surface area contributed by atoms with E-state index in [9.17, 15) is 4.79 Å². The summed E-state index contributed by atoms with van der Waals surface area (Å²) in [5.41, 5.74) is 1.45. The Hall–Kier alpha value is -3.42. The van der Waals surface area contributed by atoms with E-state index in [0.717, 1.165) is 37.0 Å². The van der Waals surface area contributed by atoms with E-state index < -0.39 is 5.79 Å². The molecule has 1 fully saturated rings. The predicted molar refractivity (Wildman–Crippen MR) is 103 cm³/mol. The molecule has 5 rings (SSSR count). The smallest absolute Gasteiger partial charge is 0.251 e. The number of carbonyl (C=O) groups is 1. The summed E-state index contributed by atoms with van der Waals surface area (Å²) in [5, 5.41) is 6.82. The molecule has 1 N–H and O–H groups in total. The van der Waals surface area contributed by atoms with Gasteiger partial charge in [-0.3, -0.25) is 9.78 Å². The van der Waals surface area contributed by atoms with Crippen molar-refractivity contribution in [2.75, 3.05) is 5.32 Å². The maximum absolute atomic E-state index is 12.3. The highest BCUT2D eigenvalue weighted by Crippen LogP contribution is 2.47. The van der Waals surface area contributed by atoms with Crippen molar-refractivity contribution in [3.05, 3.63) is 48.6 Å². The van der Waals surface area contributed by atoms with E-state index in [1.54, 1.807) is 18.5 Å². The molecule has 3 heterocycles. The number of hydrogen-bond acceptors (Lipinski definition) is 7. The quantitative estimate of drug-likeness (QED) is 0.706. The third-order valence-electron chi connectivity index (χ3n) is 5.14. The van der Waals surface area contributed by atoms with Gasteiger partial charge in [-0.05, 0) is 37.1 Å². The fourth-order valence-corrected chi connectivity index (χ4v) is 3.70. The molecule has 2 aromatic heterocycles. The molecule has 0 bridgehead atoms. The van der Waals surface area contributed by atoms with Crippen LogP contribution in [0.15, 0.2) is 47.2 Å². The number of nitrogens with one attached hydrogen (secondary N) is 1. The lowest BCUT2D eigenvalue weighted by atomic mass is 10.2. The molecule has 8 nitrogen and oxygen atoms in total. The number of aromatic nitrogens is 3. The van der Waals surface area contributed by atoms with Crippen LogP contribution < -0.4 is 14.8 Å². The summed E-state index contributed by atoms with van der Waals surface area (Å²) in [5.74, 6) is 1.65. The van der Waals surface area contributed by atoms with Gasteiger partial charge in [0, 0.05) is 55.4 Å². The zero-order valence-corrected chi connectivity index (χ0v) is 15.8. The van der Waals surface area contributed by atoms with Gasteiger partial charge in [0.2, 0.25) is 17.6 Å². The minimum atomic E-state index is -0.505. The molecule has 3 aromatic rings. The number of anilines is 1. The first kappa shape index (κ1) is 17.7. The standard InChI is InChI=1S/C21H20N4O4/c26-18(7-8-19-24-20(25-29-19)14-4-3-11-22-13-14)23-15-5-6-16-17(12-15)28-21(27-16)9-1-2-10-21/h3-6,11-13H,1-2,7-10H2,(H,23,26). The average molecular weight is 392 g/mol. The predicted octanol–water partition coefficient (Wildman–Crippen LogP) is 3.74. The van der Waals surface area contributed by atoms with Gasteiger partial charge in [0.15, 0.2) is 11.5 Å². The summed E-state index contributed by atoms with van der Waals surface area (Å²) >= 11 is 0. The highest BCUT2D eigenvalue weighted by atomic mass is 16.7. The van der Waals surface area contributed by atoms with Gasteiger partial charge < -0.3 is 19.3 Å². The van der Waals surface area contributed by atoms with Crippen molar-refractivity contribution in [2.45, 2.75) is 44.3 Å². The fourth-order valence-electron chi connectivity index (χ4n) is 3.70. The molecule has 1 aliphatic heterocycles. The van der Waals surface area contributed by atoms with E-state index in [0.29, 0.717) is 29.6 Å². The van der Waals surface area contributed by atoms with Crippen LogP contribution in [0, 0.1) is 0 Å². The van der Waals surface area contributed by atoms with Gasteiger partial charge in [-0.2, -0.15) is 4.98 Å². The van der Waals surface area contributed by atoms with Gasteiger partial charge >= 0.3 is 0 Å². The summed E-state index contributed by atoms with van der Waals surface area (Å²) in [6, 6.07) is 9.13. The van der Waals surface area contributed by atoms with Crippen molar-refractivity contribution in [1.29, 1.82) is 0 Å². The van der Waals surface area contributed by atoms with E-state index in [4.69, 9.17) is 14.0 Å². The second-order valence-electron chi connectivity index (χ2n) is 7.29. The van der Waals surface area contributed by atoms with E-state index in [-0.39, 0.29) is 12.3 Å². The zero-order chi connectivity index (χ0) is 19.7. The Morgan fingerprint density at radius 2 is 2.00 bits per heavy atom. The van der Waals surface area contributed by atoms with Crippen LogP contribution >= 0.6 is 0 Å². The summed E-state index contributed by atoms with van der Waals surface area (Å²) in [4.78, 5) is 20.7. The third kappa shape index (κ3) is 3.65. The summed E-state index contributed by atoms with van der Waals surface area (Å²) in [7, 11) is 0. The average Bonchev–Trinajstić information content (AvgIpc) is 3.47. The fraction of sp³-hybridized carbons (Fsp3) is 0.333. The van der Waals surface area contributed by atoms with Crippen molar-refractivity contribution in [3.8, 4) is 22.9 Å². The van der Waals surface area contributed by atoms with Crippen LogP contribution in [-0.4, -0.2) is 26.8 Å². The first-order valence-corrected chi connectivity index (χ1v) is 9.74. The second-order valence-corrected chi connectivity index (χ2v) is 7.29. The van der Waals surface area contributed by atoms with Crippen molar-refractivity contribution in [2.24, 2.45) is 0 Å². The number of nitrogens with zero attached hydrogens (tertiary/aromatic N) is 3. The summed E-state index contributed by atoms with van der Waals surface area (Å²) in [6.07, 6.45) is 7.93. The molecule has 0 saturated heterocycles. The molecule has 29 heavy (non-hydrogen) atoms. The molecule has 0 atom stereocenters. The van der Waals surface area contributed by atoms with Crippen molar-refractivity contribution >= 4 is 11.6 Å². The number of ether oxygens (including phenoxy) is 2. The lowest BCUT2D eigenvalue weighted by molar-refractivity contribution is -0.116. The maximum atomic E-state index is 12.3. The molecule has 0 radical (unpaired) electrons. The monoisotopic (exact) mass is 392 g/mol. The Bertz CT molecular complexity index is 1030. The van der Waals surface area contributed by atoms with Crippen molar-refractivity contribution in [3.63, 3.8) is 0 Å². The van der Waals surface area contributed by atoms with E-state index in [1.165, 1.54) is 0 Å². The first-order chi connectivity index (χ1) is 14.2. The number of rotatable bonds is 5. The SMILES string of the molecule is O=C(CCc1nc(-c2cccnc2)no1)Nc1ccc2c(c1)OC1(CCCC1)O2. The highest BCUT2D eigenvalue weighted by molar-refractivity contribution is 5.91. The Kier molecular flexibility index (Phi) is 4.38. The lowest BCUT2D eigenvalue weighted by Gasteiger charge is -2.21. The molecule has 1 aliphatic carbocycles. The maximum Gasteiger partial charge on any atom is 0.251 e. The van der Waals surface area contributed by atoms with Gasteiger partial charge in [0.05, 0.1) is 0 Å². The Balaban J connectivity index is 1.18. The van der Waals surface area contributed by atoms with Crippen LogP contribution in [0.25, 0.3) is 11.4 Å². The van der Waals surface area contributed by atoms with Gasteiger partial charge in [-0.15, -0.1) is 0 Å². The van der Waals surface area contributed by atoms with Crippen molar-refractivity contribution < 1.29 is 18.8 Å². The highest BCUT2D eigenvalue weighted by Gasteiger charge is 2.44. The number of aryl methyl sites for hydroxylation is 1. The van der Waals surface area contributed by atoms with Crippen LogP contribution in [-0.2, 0) is 11.2 Å². The number of pyridine rings is 1. The Morgan fingerprint density at radius 3 is 2.83 bits per heavy atom. The molecular weight excluding hydrogens is 372 g/mol. The number of fused-ring (bicyclic) bond motifs is 1. The van der Waals surface area contributed by atoms with E-state index in [2.05, 4.69) is 20.4 Å². The van der Waals surface area contributed by atoms with E-state index >= 15 is 0 Å². The van der Waals surface area contributed by atoms with Gasteiger partial charge in [-0.1, -0.05) is 5.16 Å². The topological polar surface area (TPSA) is 99.4 Å². The Morgan fingerprint density at radius 1 is 1.14 bits per heavy atom. The van der Waals surface area contributed by atoms with Crippen LogP contribution in [0.3, 0.4) is 0 Å². The zero-order valence-electron chi connectivity index (χ0n) is 15.8. The number of hydrogen-bond donors (Lipinski definition) is 1. The summed E-state index contributed by atoms with van der Waals surface area (Å²) < 4.78 is 17.3.